The normalized spacial score (nSPS) is 21.3. The van der Waals surface area contributed by atoms with Crippen molar-refractivity contribution in [3.05, 3.63) is 34.9 Å². The molecule has 0 spiro atoms. The number of nitrogens with one attached hydrogen (secondary N) is 2. The summed E-state index contributed by atoms with van der Waals surface area (Å²) in [5, 5.41) is 6.73. The van der Waals surface area contributed by atoms with E-state index in [1.54, 1.807) is 0 Å². The van der Waals surface area contributed by atoms with Crippen molar-refractivity contribution in [2.75, 3.05) is 19.8 Å². The summed E-state index contributed by atoms with van der Waals surface area (Å²) in [7, 11) is 0. The molecule has 1 amide bonds. The van der Waals surface area contributed by atoms with Crippen LogP contribution in [0.1, 0.15) is 18.5 Å². The first-order valence-corrected chi connectivity index (χ1v) is 6.42. The van der Waals surface area contributed by atoms with Crippen LogP contribution in [0.4, 0.5) is 0 Å². The van der Waals surface area contributed by atoms with Gasteiger partial charge in [0.05, 0.1) is 19.3 Å². The molecule has 1 aromatic carbocycles. The van der Waals surface area contributed by atoms with Crippen molar-refractivity contribution < 1.29 is 9.53 Å². The molecule has 0 bridgehead atoms. The van der Waals surface area contributed by atoms with Crippen LogP contribution in [0.25, 0.3) is 0 Å². The molecule has 1 heterocycles. The Morgan fingerprint density at radius 1 is 1.56 bits per heavy atom. The highest BCUT2D eigenvalue weighted by atomic mass is 35.5. The molecule has 2 unspecified atom stereocenters. The molecule has 2 N–H and O–H groups in total. The zero-order valence-electron chi connectivity index (χ0n) is 10.3. The van der Waals surface area contributed by atoms with Crippen molar-refractivity contribution in [1.29, 1.82) is 0 Å². The van der Waals surface area contributed by atoms with E-state index in [4.69, 9.17) is 16.3 Å². The van der Waals surface area contributed by atoms with Gasteiger partial charge in [-0.2, -0.15) is 0 Å². The monoisotopic (exact) mass is 268 g/mol. The third kappa shape index (κ3) is 3.22. The van der Waals surface area contributed by atoms with Gasteiger partial charge in [-0.25, -0.2) is 0 Å². The van der Waals surface area contributed by atoms with Crippen LogP contribution in [0.5, 0.6) is 0 Å². The maximum absolute atomic E-state index is 12.0. The van der Waals surface area contributed by atoms with E-state index in [-0.39, 0.29) is 18.0 Å². The minimum atomic E-state index is -0.274. The smallest absolute Gasteiger partial charge is 0.240 e. The standard InChI is InChI=1S/C13H17ClN2O2/c1-9(10-4-2-3-5-11(10)14)16-13(17)12-8-18-7-6-15-12/h2-5,9,12,15H,6-8H2,1H3,(H,16,17). The zero-order chi connectivity index (χ0) is 13.0. The van der Waals surface area contributed by atoms with Crippen molar-refractivity contribution in [2.45, 2.75) is 19.0 Å². The average molecular weight is 269 g/mol. The summed E-state index contributed by atoms with van der Waals surface area (Å²) in [4.78, 5) is 12.0. The molecule has 1 aliphatic rings. The molecule has 2 rings (SSSR count). The van der Waals surface area contributed by atoms with E-state index in [2.05, 4.69) is 10.6 Å². The van der Waals surface area contributed by atoms with Crippen molar-refractivity contribution in [2.24, 2.45) is 0 Å². The Morgan fingerprint density at radius 2 is 2.33 bits per heavy atom. The lowest BCUT2D eigenvalue weighted by Gasteiger charge is -2.25. The summed E-state index contributed by atoms with van der Waals surface area (Å²) in [6.45, 7) is 3.70. The Morgan fingerprint density at radius 3 is 3.00 bits per heavy atom. The van der Waals surface area contributed by atoms with Gasteiger partial charge in [-0.3, -0.25) is 4.79 Å². The van der Waals surface area contributed by atoms with E-state index in [0.717, 1.165) is 5.56 Å². The van der Waals surface area contributed by atoms with Crippen molar-refractivity contribution >= 4 is 17.5 Å². The second-order valence-corrected chi connectivity index (χ2v) is 4.74. The number of ether oxygens (including phenoxy) is 1. The summed E-state index contributed by atoms with van der Waals surface area (Å²) in [6.07, 6.45) is 0. The highest BCUT2D eigenvalue weighted by Crippen LogP contribution is 2.22. The molecule has 1 aromatic rings. The predicted molar refractivity (Wildman–Crippen MR) is 70.6 cm³/mol. The maximum Gasteiger partial charge on any atom is 0.240 e. The second-order valence-electron chi connectivity index (χ2n) is 4.33. The summed E-state index contributed by atoms with van der Waals surface area (Å²) >= 11 is 6.10. The van der Waals surface area contributed by atoms with Crippen LogP contribution in [0, 0.1) is 0 Å². The first kappa shape index (κ1) is 13.3. The fraction of sp³-hybridized carbons (Fsp3) is 0.462. The molecule has 5 heteroatoms. The molecule has 0 aromatic heterocycles. The van der Waals surface area contributed by atoms with Gasteiger partial charge in [-0.15, -0.1) is 0 Å². The molecule has 1 saturated heterocycles. The van der Waals surface area contributed by atoms with Crippen LogP contribution in [0.15, 0.2) is 24.3 Å². The predicted octanol–water partition coefficient (Wildman–Crippen LogP) is 1.51. The Kier molecular flexibility index (Phi) is 4.58. The van der Waals surface area contributed by atoms with Gasteiger partial charge in [0.25, 0.3) is 0 Å². The van der Waals surface area contributed by atoms with Crippen LogP contribution in [0.3, 0.4) is 0 Å². The molecular weight excluding hydrogens is 252 g/mol. The van der Waals surface area contributed by atoms with Crippen LogP contribution >= 0.6 is 11.6 Å². The van der Waals surface area contributed by atoms with E-state index < -0.39 is 0 Å². The van der Waals surface area contributed by atoms with Crippen molar-refractivity contribution in [3.63, 3.8) is 0 Å². The van der Waals surface area contributed by atoms with Crippen LogP contribution < -0.4 is 10.6 Å². The van der Waals surface area contributed by atoms with Gasteiger partial charge in [-0.05, 0) is 18.6 Å². The fourth-order valence-corrected chi connectivity index (χ4v) is 2.25. The van der Waals surface area contributed by atoms with E-state index >= 15 is 0 Å². The lowest BCUT2D eigenvalue weighted by Crippen LogP contribution is -2.51. The number of rotatable bonds is 3. The molecule has 1 fully saturated rings. The van der Waals surface area contributed by atoms with E-state index in [1.165, 1.54) is 0 Å². The van der Waals surface area contributed by atoms with Crippen LogP contribution in [-0.2, 0) is 9.53 Å². The van der Waals surface area contributed by atoms with Gasteiger partial charge in [0.15, 0.2) is 0 Å². The molecule has 1 aliphatic heterocycles. The minimum absolute atomic E-state index is 0.0536. The number of halogens is 1. The summed E-state index contributed by atoms with van der Waals surface area (Å²) in [6, 6.07) is 7.13. The molecular formula is C13H17ClN2O2. The van der Waals surface area contributed by atoms with Crippen molar-refractivity contribution in [1.82, 2.24) is 10.6 Å². The van der Waals surface area contributed by atoms with Gasteiger partial charge in [0, 0.05) is 11.6 Å². The van der Waals surface area contributed by atoms with Gasteiger partial charge in [0.2, 0.25) is 5.91 Å². The summed E-state index contributed by atoms with van der Waals surface area (Å²) in [5.41, 5.74) is 0.921. The largest absolute Gasteiger partial charge is 0.378 e. The Hall–Kier alpha value is -1.10. The zero-order valence-corrected chi connectivity index (χ0v) is 11.0. The maximum atomic E-state index is 12.0. The Bertz CT molecular complexity index is 419. The Labute approximate surface area is 112 Å². The van der Waals surface area contributed by atoms with Crippen molar-refractivity contribution in [3.8, 4) is 0 Å². The third-order valence-electron chi connectivity index (χ3n) is 2.97. The second kappa shape index (κ2) is 6.18. The molecule has 0 radical (unpaired) electrons. The first-order valence-electron chi connectivity index (χ1n) is 6.04. The molecule has 0 aliphatic carbocycles. The van der Waals surface area contributed by atoms with Gasteiger partial charge >= 0.3 is 0 Å². The van der Waals surface area contributed by atoms with Gasteiger partial charge < -0.3 is 15.4 Å². The number of hydrogen-bond acceptors (Lipinski definition) is 3. The lowest BCUT2D eigenvalue weighted by atomic mass is 10.1. The molecule has 4 nitrogen and oxygen atoms in total. The number of amides is 1. The molecule has 98 valence electrons. The number of carbonyl (C=O) groups is 1. The lowest BCUT2D eigenvalue weighted by molar-refractivity contribution is -0.126. The van der Waals surface area contributed by atoms with Gasteiger partial charge in [0.1, 0.15) is 6.04 Å². The highest BCUT2D eigenvalue weighted by molar-refractivity contribution is 6.31. The summed E-state index contributed by atoms with van der Waals surface area (Å²) in [5.74, 6) is -0.0536. The average Bonchev–Trinajstić information content (AvgIpc) is 2.40. The number of morpholine rings is 1. The third-order valence-corrected chi connectivity index (χ3v) is 3.31. The minimum Gasteiger partial charge on any atom is -0.378 e. The number of carbonyl (C=O) groups excluding carboxylic acids is 1. The summed E-state index contributed by atoms with van der Waals surface area (Å²) < 4.78 is 5.26. The fourth-order valence-electron chi connectivity index (χ4n) is 1.95. The van der Waals surface area contributed by atoms with Crippen LogP contribution in [-0.4, -0.2) is 31.7 Å². The molecule has 0 saturated carbocycles. The Balaban J connectivity index is 1.96. The van der Waals surface area contributed by atoms with Crippen LogP contribution in [0.2, 0.25) is 5.02 Å². The SMILES string of the molecule is CC(NC(=O)C1COCCN1)c1ccccc1Cl. The number of hydrogen-bond donors (Lipinski definition) is 2. The quantitative estimate of drug-likeness (QED) is 0.874. The van der Waals surface area contributed by atoms with E-state index in [1.807, 2.05) is 31.2 Å². The molecule has 2 atom stereocenters. The highest BCUT2D eigenvalue weighted by Gasteiger charge is 2.23. The molecule has 18 heavy (non-hydrogen) atoms. The topological polar surface area (TPSA) is 50.4 Å². The van der Waals surface area contributed by atoms with E-state index in [0.29, 0.717) is 24.8 Å². The van der Waals surface area contributed by atoms with E-state index in [9.17, 15) is 4.79 Å². The van der Waals surface area contributed by atoms with Gasteiger partial charge in [-0.1, -0.05) is 29.8 Å². The first-order chi connectivity index (χ1) is 8.68. The number of benzene rings is 1.